The molecule has 1 aromatic rings. The maximum atomic E-state index is 11.7. The summed E-state index contributed by atoms with van der Waals surface area (Å²) in [7, 11) is 0. The number of carboxylic acid groups (broad SMARTS) is 1. The van der Waals surface area contributed by atoms with Crippen LogP contribution >= 0.6 is 0 Å². The van der Waals surface area contributed by atoms with Crippen LogP contribution in [-0.4, -0.2) is 29.1 Å². The van der Waals surface area contributed by atoms with Crippen molar-refractivity contribution in [3.05, 3.63) is 35.9 Å². The minimum atomic E-state index is -0.635. The Morgan fingerprint density at radius 3 is 2.48 bits per heavy atom. The standard InChI is InChI=1S/C18H27NO2/c1-4-18(17(20)21)10-11-19(13-18)16(12-14(2)3)15-8-6-5-7-9-15/h5-9,14,16H,4,10-13H2,1-3H3,(H,20,21). The monoisotopic (exact) mass is 289 g/mol. The summed E-state index contributed by atoms with van der Waals surface area (Å²) >= 11 is 0. The first-order chi connectivity index (χ1) is 9.98. The van der Waals surface area contributed by atoms with Gasteiger partial charge >= 0.3 is 5.97 Å². The number of carbonyl (C=O) groups is 1. The lowest BCUT2D eigenvalue weighted by Crippen LogP contribution is -2.35. The number of hydrogen-bond acceptors (Lipinski definition) is 2. The van der Waals surface area contributed by atoms with Crippen molar-refractivity contribution in [1.82, 2.24) is 4.90 Å². The van der Waals surface area contributed by atoms with Gasteiger partial charge in [0.2, 0.25) is 0 Å². The van der Waals surface area contributed by atoms with Crippen molar-refractivity contribution in [2.45, 2.75) is 46.1 Å². The molecule has 2 atom stereocenters. The van der Waals surface area contributed by atoms with Crippen molar-refractivity contribution >= 4 is 5.97 Å². The molecule has 1 aromatic carbocycles. The van der Waals surface area contributed by atoms with E-state index in [0.717, 1.165) is 19.4 Å². The van der Waals surface area contributed by atoms with Crippen molar-refractivity contribution in [3.8, 4) is 0 Å². The van der Waals surface area contributed by atoms with E-state index in [1.54, 1.807) is 0 Å². The smallest absolute Gasteiger partial charge is 0.310 e. The van der Waals surface area contributed by atoms with Gasteiger partial charge in [-0.2, -0.15) is 0 Å². The van der Waals surface area contributed by atoms with Crippen LogP contribution in [0.5, 0.6) is 0 Å². The Balaban J connectivity index is 2.21. The van der Waals surface area contributed by atoms with Crippen LogP contribution in [0.25, 0.3) is 0 Å². The van der Waals surface area contributed by atoms with Gasteiger partial charge in [-0.05, 0) is 37.3 Å². The molecule has 1 fully saturated rings. The summed E-state index contributed by atoms with van der Waals surface area (Å²) < 4.78 is 0. The number of likely N-dealkylation sites (tertiary alicyclic amines) is 1. The van der Waals surface area contributed by atoms with Crippen molar-refractivity contribution in [2.75, 3.05) is 13.1 Å². The molecule has 0 spiro atoms. The highest BCUT2D eigenvalue weighted by molar-refractivity contribution is 5.75. The third kappa shape index (κ3) is 3.46. The molecule has 1 N–H and O–H groups in total. The van der Waals surface area contributed by atoms with E-state index in [-0.39, 0.29) is 0 Å². The van der Waals surface area contributed by atoms with Gasteiger partial charge in [0.05, 0.1) is 5.41 Å². The topological polar surface area (TPSA) is 40.5 Å². The first-order valence-corrected chi connectivity index (χ1v) is 8.01. The molecule has 1 heterocycles. The highest BCUT2D eigenvalue weighted by Gasteiger charge is 2.45. The molecule has 0 aliphatic carbocycles. The van der Waals surface area contributed by atoms with Crippen LogP contribution in [0.15, 0.2) is 30.3 Å². The Bertz CT molecular complexity index is 471. The Hall–Kier alpha value is -1.35. The Kier molecular flexibility index (Phi) is 5.04. The molecule has 1 aliphatic heterocycles. The first kappa shape index (κ1) is 16.0. The van der Waals surface area contributed by atoms with Gasteiger partial charge in [0.25, 0.3) is 0 Å². The molecule has 2 rings (SSSR count). The molecule has 0 bridgehead atoms. The SMILES string of the molecule is CCC1(C(=O)O)CCN(C(CC(C)C)c2ccccc2)C1. The van der Waals surface area contributed by atoms with Gasteiger partial charge in [-0.3, -0.25) is 9.69 Å². The van der Waals surface area contributed by atoms with Crippen LogP contribution in [0.1, 0.15) is 51.6 Å². The largest absolute Gasteiger partial charge is 0.481 e. The summed E-state index contributed by atoms with van der Waals surface area (Å²) in [6.45, 7) is 8.02. The minimum Gasteiger partial charge on any atom is -0.481 e. The van der Waals surface area contributed by atoms with E-state index < -0.39 is 11.4 Å². The molecule has 3 heteroatoms. The van der Waals surface area contributed by atoms with Crippen LogP contribution in [0.2, 0.25) is 0 Å². The summed E-state index contributed by atoms with van der Waals surface area (Å²) in [5.41, 5.74) is 0.757. The summed E-state index contributed by atoms with van der Waals surface area (Å²) in [6, 6.07) is 10.8. The number of hydrogen-bond donors (Lipinski definition) is 1. The number of aliphatic carboxylic acids is 1. The average molecular weight is 289 g/mol. The lowest BCUT2D eigenvalue weighted by molar-refractivity contribution is -0.148. The lowest BCUT2D eigenvalue weighted by Gasteiger charge is -2.31. The van der Waals surface area contributed by atoms with Gasteiger partial charge in [0, 0.05) is 12.6 Å². The molecule has 0 aromatic heterocycles. The molecule has 3 nitrogen and oxygen atoms in total. The van der Waals surface area contributed by atoms with Crippen LogP contribution in [-0.2, 0) is 4.79 Å². The summed E-state index contributed by atoms with van der Waals surface area (Å²) in [6.07, 6.45) is 2.55. The van der Waals surface area contributed by atoms with E-state index in [4.69, 9.17) is 0 Å². The Morgan fingerprint density at radius 2 is 2.00 bits per heavy atom. The predicted molar refractivity (Wildman–Crippen MR) is 85.2 cm³/mol. The third-order valence-electron chi connectivity index (χ3n) is 4.83. The zero-order chi connectivity index (χ0) is 15.5. The molecule has 21 heavy (non-hydrogen) atoms. The molecule has 0 radical (unpaired) electrons. The van der Waals surface area contributed by atoms with E-state index in [2.05, 4.69) is 43.0 Å². The van der Waals surface area contributed by atoms with Crippen molar-refractivity contribution in [3.63, 3.8) is 0 Å². The second-order valence-corrected chi connectivity index (χ2v) is 6.72. The van der Waals surface area contributed by atoms with Crippen LogP contribution in [0.4, 0.5) is 0 Å². The Morgan fingerprint density at radius 1 is 1.33 bits per heavy atom. The second-order valence-electron chi connectivity index (χ2n) is 6.72. The van der Waals surface area contributed by atoms with Gasteiger partial charge in [0.1, 0.15) is 0 Å². The maximum absolute atomic E-state index is 11.7. The van der Waals surface area contributed by atoms with Gasteiger partial charge in [-0.15, -0.1) is 0 Å². The number of benzene rings is 1. The molecular formula is C18H27NO2. The van der Waals surface area contributed by atoms with Crippen LogP contribution < -0.4 is 0 Å². The second kappa shape index (κ2) is 6.61. The fraction of sp³-hybridized carbons (Fsp3) is 0.611. The molecular weight excluding hydrogens is 262 g/mol. The van der Waals surface area contributed by atoms with Crippen LogP contribution in [0, 0.1) is 11.3 Å². The van der Waals surface area contributed by atoms with E-state index in [1.807, 2.05) is 13.0 Å². The average Bonchev–Trinajstić information content (AvgIpc) is 2.91. The number of nitrogens with zero attached hydrogens (tertiary/aromatic N) is 1. The number of carboxylic acids is 1. The normalized spacial score (nSPS) is 24.4. The fourth-order valence-corrected chi connectivity index (χ4v) is 3.40. The third-order valence-corrected chi connectivity index (χ3v) is 4.83. The minimum absolute atomic E-state index is 0.332. The summed E-state index contributed by atoms with van der Waals surface area (Å²) in [5.74, 6) is -0.0412. The lowest BCUT2D eigenvalue weighted by atomic mass is 9.84. The van der Waals surface area contributed by atoms with Crippen molar-refractivity contribution < 1.29 is 9.90 Å². The molecule has 0 saturated carbocycles. The van der Waals surface area contributed by atoms with Gasteiger partial charge < -0.3 is 5.11 Å². The van der Waals surface area contributed by atoms with E-state index >= 15 is 0 Å². The fourth-order valence-electron chi connectivity index (χ4n) is 3.40. The van der Waals surface area contributed by atoms with Crippen LogP contribution in [0.3, 0.4) is 0 Å². The predicted octanol–water partition coefficient (Wildman–Crippen LogP) is 3.96. The molecule has 1 saturated heterocycles. The molecule has 1 aliphatic rings. The van der Waals surface area contributed by atoms with Crippen molar-refractivity contribution in [2.24, 2.45) is 11.3 Å². The highest BCUT2D eigenvalue weighted by Crippen LogP contribution is 2.40. The first-order valence-electron chi connectivity index (χ1n) is 8.01. The zero-order valence-electron chi connectivity index (χ0n) is 13.4. The summed E-state index contributed by atoms with van der Waals surface area (Å²) in [4.78, 5) is 14.0. The van der Waals surface area contributed by atoms with Gasteiger partial charge in [0.15, 0.2) is 0 Å². The van der Waals surface area contributed by atoms with Gasteiger partial charge in [-0.1, -0.05) is 51.1 Å². The highest BCUT2D eigenvalue weighted by atomic mass is 16.4. The maximum Gasteiger partial charge on any atom is 0.310 e. The molecule has 0 amide bonds. The quantitative estimate of drug-likeness (QED) is 0.861. The summed E-state index contributed by atoms with van der Waals surface area (Å²) in [5, 5.41) is 9.59. The van der Waals surface area contributed by atoms with E-state index in [1.165, 1.54) is 5.56 Å². The zero-order valence-corrected chi connectivity index (χ0v) is 13.4. The van der Waals surface area contributed by atoms with E-state index in [0.29, 0.717) is 24.9 Å². The van der Waals surface area contributed by atoms with E-state index in [9.17, 15) is 9.90 Å². The molecule has 116 valence electrons. The van der Waals surface area contributed by atoms with Gasteiger partial charge in [-0.25, -0.2) is 0 Å². The number of rotatable bonds is 6. The van der Waals surface area contributed by atoms with Crippen molar-refractivity contribution in [1.29, 1.82) is 0 Å². The Labute approximate surface area is 128 Å². The molecule has 2 unspecified atom stereocenters.